The van der Waals surface area contributed by atoms with Gasteiger partial charge in [-0.3, -0.25) is 4.79 Å². The highest BCUT2D eigenvalue weighted by Gasteiger charge is 2.33. The van der Waals surface area contributed by atoms with Crippen LogP contribution >= 0.6 is 0 Å². The Morgan fingerprint density at radius 2 is 2.16 bits per heavy atom. The van der Waals surface area contributed by atoms with Crippen molar-refractivity contribution >= 4 is 5.91 Å². The number of hydrogen-bond acceptors (Lipinski definition) is 2. The second-order valence-electron chi connectivity index (χ2n) is 5.15. The predicted octanol–water partition coefficient (Wildman–Crippen LogP) is 2.11. The maximum Gasteiger partial charge on any atom is 0.240 e. The second-order valence-corrected chi connectivity index (χ2v) is 5.15. The Hall–Kier alpha value is -1.49. The fraction of sp³-hybridized carbons (Fsp3) is 0.500. The van der Waals surface area contributed by atoms with Crippen molar-refractivity contribution in [2.45, 2.75) is 38.3 Å². The van der Waals surface area contributed by atoms with Crippen LogP contribution in [-0.4, -0.2) is 18.0 Å². The molecule has 0 radical (unpaired) electrons. The molecule has 1 atom stereocenters. The molecule has 2 rings (SSSR count). The van der Waals surface area contributed by atoms with E-state index in [1.165, 1.54) is 6.07 Å². The Bertz CT molecular complexity index is 471. The second kappa shape index (κ2) is 5.65. The minimum absolute atomic E-state index is 0.100. The number of rotatable bonds is 3. The molecule has 0 aromatic heterocycles. The van der Waals surface area contributed by atoms with Crippen molar-refractivity contribution in [1.29, 1.82) is 0 Å². The zero-order valence-corrected chi connectivity index (χ0v) is 10.9. The van der Waals surface area contributed by atoms with Crippen LogP contribution in [0.5, 0.6) is 0 Å². The maximum absolute atomic E-state index is 13.0. The molecule has 0 aliphatic carbocycles. The number of carbonyl (C=O) groups excluding carboxylic acids is 1. The molecule has 1 unspecified atom stereocenters. The summed E-state index contributed by atoms with van der Waals surface area (Å²) >= 11 is 0. The zero-order valence-electron chi connectivity index (χ0n) is 10.9. The summed E-state index contributed by atoms with van der Waals surface area (Å²) in [7, 11) is 0. The van der Waals surface area contributed by atoms with Crippen LogP contribution in [0.4, 0.5) is 8.78 Å². The summed E-state index contributed by atoms with van der Waals surface area (Å²) in [5.74, 6) is -1.87. The molecule has 1 aliphatic heterocycles. The van der Waals surface area contributed by atoms with Crippen molar-refractivity contribution in [2.24, 2.45) is 0 Å². The van der Waals surface area contributed by atoms with Gasteiger partial charge in [0.25, 0.3) is 0 Å². The summed E-state index contributed by atoms with van der Waals surface area (Å²) in [6.45, 7) is 2.90. The third kappa shape index (κ3) is 3.29. The average molecular weight is 268 g/mol. The minimum atomic E-state index is -0.895. The van der Waals surface area contributed by atoms with E-state index >= 15 is 0 Å². The number of carbonyl (C=O) groups is 1. The molecular formula is C14H18F2N2O. The average Bonchev–Trinajstić information content (AvgIpc) is 2.40. The highest BCUT2D eigenvalue weighted by Crippen LogP contribution is 2.19. The lowest BCUT2D eigenvalue weighted by Crippen LogP contribution is -2.56. The summed E-state index contributed by atoms with van der Waals surface area (Å²) in [5.41, 5.74) is -0.0109. The first-order chi connectivity index (χ1) is 9.01. The Morgan fingerprint density at radius 3 is 2.79 bits per heavy atom. The van der Waals surface area contributed by atoms with E-state index in [0.717, 1.165) is 37.9 Å². The molecule has 1 aromatic carbocycles. The molecule has 1 aromatic rings. The number of amides is 1. The van der Waals surface area contributed by atoms with Gasteiger partial charge in [-0.1, -0.05) is 6.07 Å². The van der Waals surface area contributed by atoms with Crippen LogP contribution in [0.25, 0.3) is 0 Å². The number of benzene rings is 1. The summed E-state index contributed by atoms with van der Waals surface area (Å²) in [5, 5.41) is 5.97. The Labute approximate surface area is 111 Å². The molecule has 1 aliphatic rings. The molecular weight excluding hydrogens is 250 g/mol. The lowest BCUT2D eigenvalue weighted by Gasteiger charge is -2.33. The first kappa shape index (κ1) is 13.9. The largest absolute Gasteiger partial charge is 0.350 e. The van der Waals surface area contributed by atoms with Gasteiger partial charge in [-0.25, -0.2) is 8.78 Å². The highest BCUT2D eigenvalue weighted by molar-refractivity contribution is 5.85. The van der Waals surface area contributed by atoms with Crippen LogP contribution in [0.2, 0.25) is 0 Å². The maximum atomic E-state index is 13.0. The monoisotopic (exact) mass is 268 g/mol. The molecule has 2 N–H and O–H groups in total. The SMILES string of the molecule is CC1(C(=O)NCc2ccc(F)c(F)c2)CCCCN1. The van der Waals surface area contributed by atoms with E-state index in [0.29, 0.717) is 5.56 Å². The number of halogens is 2. The summed E-state index contributed by atoms with van der Waals surface area (Å²) < 4.78 is 25.8. The minimum Gasteiger partial charge on any atom is -0.350 e. The topological polar surface area (TPSA) is 41.1 Å². The molecule has 1 amide bonds. The molecule has 1 fully saturated rings. The summed E-state index contributed by atoms with van der Waals surface area (Å²) in [4.78, 5) is 12.1. The molecule has 5 heteroatoms. The third-order valence-electron chi connectivity index (χ3n) is 3.56. The number of hydrogen-bond donors (Lipinski definition) is 2. The number of piperidine rings is 1. The van der Waals surface area contributed by atoms with Crippen LogP contribution in [0, 0.1) is 11.6 Å². The van der Waals surface area contributed by atoms with Crippen LogP contribution < -0.4 is 10.6 Å². The Kier molecular flexibility index (Phi) is 4.14. The van der Waals surface area contributed by atoms with Crippen LogP contribution in [0.3, 0.4) is 0 Å². The lowest BCUT2D eigenvalue weighted by atomic mass is 9.90. The van der Waals surface area contributed by atoms with Crippen LogP contribution in [0.15, 0.2) is 18.2 Å². The van der Waals surface area contributed by atoms with Crippen molar-refractivity contribution in [3.05, 3.63) is 35.4 Å². The van der Waals surface area contributed by atoms with Crippen molar-refractivity contribution in [2.75, 3.05) is 6.54 Å². The fourth-order valence-electron chi connectivity index (χ4n) is 2.28. The van der Waals surface area contributed by atoms with Gasteiger partial charge in [-0.05, 0) is 50.4 Å². The smallest absolute Gasteiger partial charge is 0.240 e. The van der Waals surface area contributed by atoms with E-state index in [9.17, 15) is 13.6 Å². The first-order valence-corrected chi connectivity index (χ1v) is 6.48. The van der Waals surface area contributed by atoms with Gasteiger partial charge in [0.2, 0.25) is 5.91 Å². The molecule has 0 spiro atoms. The third-order valence-corrected chi connectivity index (χ3v) is 3.56. The van der Waals surface area contributed by atoms with E-state index in [-0.39, 0.29) is 12.5 Å². The normalized spacial score (nSPS) is 23.1. The molecule has 19 heavy (non-hydrogen) atoms. The van der Waals surface area contributed by atoms with Gasteiger partial charge in [0, 0.05) is 6.54 Å². The van der Waals surface area contributed by atoms with Gasteiger partial charge in [0.05, 0.1) is 5.54 Å². The van der Waals surface area contributed by atoms with E-state index in [1.807, 2.05) is 6.92 Å². The van der Waals surface area contributed by atoms with E-state index in [1.54, 1.807) is 0 Å². The van der Waals surface area contributed by atoms with Crippen molar-refractivity contribution in [1.82, 2.24) is 10.6 Å². The summed E-state index contributed by atoms with van der Waals surface area (Å²) in [6.07, 6.45) is 2.88. The quantitative estimate of drug-likeness (QED) is 0.881. The molecule has 1 saturated heterocycles. The highest BCUT2D eigenvalue weighted by atomic mass is 19.2. The van der Waals surface area contributed by atoms with Crippen LogP contribution in [-0.2, 0) is 11.3 Å². The first-order valence-electron chi connectivity index (χ1n) is 6.48. The number of nitrogens with one attached hydrogen (secondary N) is 2. The van der Waals surface area contributed by atoms with Crippen molar-refractivity contribution in [3.8, 4) is 0 Å². The fourth-order valence-corrected chi connectivity index (χ4v) is 2.28. The zero-order chi connectivity index (χ0) is 13.9. The van der Waals surface area contributed by atoms with Gasteiger partial charge >= 0.3 is 0 Å². The van der Waals surface area contributed by atoms with E-state index in [4.69, 9.17) is 0 Å². The van der Waals surface area contributed by atoms with Crippen molar-refractivity contribution in [3.63, 3.8) is 0 Å². The summed E-state index contributed by atoms with van der Waals surface area (Å²) in [6, 6.07) is 3.64. The van der Waals surface area contributed by atoms with Gasteiger partial charge < -0.3 is 10.6 Å². The lowest BCUT2D eigenvalue weighted by molar-refractivity contribution is -0.128. The van der Waals surface area contributed by atoms with Gasteiger partial charge in [-0.15, -0.1) is 0 Å². The molecule has 0 bridgehead atoms. The van der Waals surface area contributed by atoms with Crippen molar-refractivity contribution < 1.29 is 13.6 Å². The standard InChI is InChI=1S/C14H18F2N2O/c1-14(6-2-3-7-18-14)13(19)17-9-10-4-5-11(15)12(16)8-10/h4-5,8,18H,2-3,6-7,9H2,1H3,(H,17,19). The van der Waals surface area contributed by atoms with E-state index in [2.05, 4.69) is 10.6 Å². The molecule has 104 valence electrons. The predicted molar refractivity (Wildman–Crippen MR) is 68.5 cm³/mol. The van der Waals surface area contributed by atoms with Gasteiger partial charge in [-0.2, -0.15) is 0 Å². The molecule has 0 saturated carbocycles. The molecule has 3 nitrogen and oxygen atoms in total. The van der Waals surface area contributed by atoms with Crippen LogP contribution in [0.1, 0.15) is 31.7 Å². The Balaban J connectivity index is 1.94. The Morgan fingerprint density at radius 1 is 1.37 bits per heavy atom. The van der Waals surface area contributed by atoms with Gasteiger partial charge in [0.1, 0.15) is 0 Å². The molecule has 1 heterocycles. The van der Waals surface area contributed by atoms with E-state index < -0.39 is 17.2 Å². The van der Waals surface area contributed by atoms with Gasteiger partial charge in [0.15, 0.2) is 11.6 Å².